The van der Waals surface area contributed by atoms with Crippen LogP contribution in [-0.2, 0) is 10.0 Å². The van der Waals surface area contributed by atoms with Crippen LogP contribution in [0.2, 0.25) is 0 Å². The topological polar surface area (TPSA) is 88.5 Å². The van der Waals surface area contributed by atoms with Crippen LogP contribution in [0, 0.1) is 0 Å². The lowest BCUT2D eigenvalue weighted by Crippen LogP contribution is -2.13. The summed E-state index contributed by atoms with van der Waals surface area (Å²) < 4.78 is 32.7. The third-order valence-corrected chi connectivity index (χ3v) is 4.52. The fourth-order valence-corrected chi connectivity index (χ4v) is 3.10. The second-order valence-corrected chi connectivity index (χ2v) is 6.54. The minimum atomic E-state index is -3.69. The van der Waals surface area contributed by atoms with E-state index in [1.807, 2.05) is 0 Å². The van der Waals surface area contributed by atoms with E-state index in [0.29, 0.717) is 15.9 Å². The molecule has 0 saturated carbocycles. The standard InChI is InChI=1S/C13H13BrN2O4S/c14-12-9-15-6-5-13(12)16-21(18,19)11-3-1-10(2-4-11)20-8-7-17/h1-6,9,17H,7-8H2,(H,15,16). The molecule has 1 aromatic heterocycles. The molecule has 0 spiro atoms. The number of nitrogens with zero attached hydrogens (tertiary/aromatic N) is 1. The monoisotopic (exact) mass is 372 g/mol. The second-order valence-electron chi connectivity index (χ2n) is 4.00. The number of aliphatic hydroxyl groups excluding tert-OH is 1. The van der Waals surface area contributed by atoms with Gasteiger partial charge in [0.25, 0.3) is 10.0 Å². The van der Waals surface area contributed by atoms with Gasteiger partial charge in [-0.05, 0) is 46.3 Å². The van der Waals surface area contributed by atoms with Crippen molar-refractivity contribution >= 4 is 31.6 Å². The van der Waals surface area contributed by atoms with E-state index in [4.69, 9.17) is 9.84 Å². The van der Waals surface area contributed by atoms with Crippen molar-refractivity contribution in [1.82, 2.24) is 4.98 Å². The number of aliphatic hydroxyl groups is 1. The highest BCUT2D eigenvalue weighted by Gasteiger charge is 2.15. The first-order chi connectivity index (χ1) is 10.0. The van der Waals surface area contributed by atoms with Crippen molar-refractivity contribution in [2.24, 2.45) is 0 Å². The number of nitrogens with one attached hydrogen (secondary N) is 1. The van der Waals surface area contributed by atoms with Gasteiger partial charge in [0, 0.05) is 12.4 Å². The Morgan fingerprint density at radius 1 is 1.24 bits per heavy atom. The first-order valence-corrected chi connectivity index (χ1v) is 8.26. The number of halogens is 1. The van der Waals surface area contributed by atoms with E-state index in [9.17, 15) is 8.42 Å². The van der Waals surface area contributed by atoms with E-state index in [1.54, 1.807) is 6.07 Å². The molecule has 0 amide bonds. The number of rotatable bonds is 6. The number of hydrogen-bond donors (Lipinski definition) is 2. The summed E-state index contributed by atoms with van der Waals surface area (Å²) in [6.45, 7) is 0.0615. The molecule has 0 bridgehead atoms. The average Bonchev–Trinajstić information content (AvgIpc) is 2.48. The van der Waals surface area contributed by atoms with E-state index >= 15 is 0 Å². The number of pyridine rings is 1. The number of sulfonamides is 1. The van der Waals surface area contributed by atoms with Crippen LogP contribution >= 0.6 is 15.9 Å². The highest BCUT2D eigenvalue weighted by atomic mass is 79.9. The Labute approximate surface area is 131 Å². The van der Waals surface area contributed by atoms with Gasteiger partial charge in [-0.15, -0.1) is 0 Å². The summed E-state index contributed by atoms with van der Waals surface area (Å²) in [5.41, 5.74) is 0.408. The minimum Gasteiger partial charge on any atom is -0.491 e. The number of hydrogen-bond acceptors (Lipinski definition) is 5. The second kappa shape index (κ2) is 6.88. The van der Waals surface area contributed by atoms with Crippen LogP contribution in [-0.4, -0.2) is 31.7 Å². The maximum absolute atomic E-state index is 12.2. The molecule has 0 aliphatic heterocycles. The molecule has 0 fully saturated rings. The third kappa shape index (κ3) is 4.16. The molecule has 1 heterocycles. The summed E-state index contributed by atoms with van der Waals surface area (Å²) in [6, 6.07) is 7.49. The summed E-state index contributed by atoms with van der Waals surface area (Å²) >= 11 is 3.23. The van der Waals surface area contributed by atoms with Crippen molar-refractivity contribution in [1.29, 1.82) is 0 Å². The lowest BCUT2D eigenvalue weighted by atomic mass is 10.3. The maximum Gasteiger partial charge on any atom is 0.261 e. The summed E-state index contributed by atoms with van der Waals surface area (Å²) in [4.78, 5) is 3.98. The smallest absolute Gasteiger partial charge is 0.261 e. The molecule has 0 atom stereocenters. The molecule has 8 heteroatoms. The van der Waals surface area contributed by atoms with Gasteiger partial charge in [0.1, 0.15) is 12.4 Å². The summed E-state index contributed by atoms with van der Waals surface area (Å²) in [6.07, 6.45) is 3.00. The zero-order chi connectivity index (χ0) is 15.3. The van der Waals surface area contributed by atoms with Crippen molar-refractivity contribution in [2.75, 3.05) is 17.9 Å². The van der Waals surface area contributed by atoms with E-state index in [2.05, 4.69) is 25.6 Å². The van der Waals surface area contributed by atoms with Gasteiger partial charge in [-0.2, -0.15) is 0 Å². The van der Waals surface area contributed by atoms with Gasteiger partial charge in [0.05, 0.1) is 21.7 Å². The van der Waals surface area contributed by atoms with Gasteiger partial charge in [-0.1, -0.05) is 0 Å². The fraction of sp³-hybridized carbons (Fsp3) is 0.154. The first-order valence-electron chi connectivity index (χ1n) is 5.99. The lowest BCUT2D eigenvalue weighted by Gasteiger charge is -2.10. The average molecular weight is 373 g/mol. The van der Waals surface area contributed by atoms with Crippen LogP contribution in [0.25, 0.3) is 0 Å². The summed E-state index contributed by atoms with van der Waals surface area (Å²) in [5, 5.41) is 8.66. The molecule has 0 unspecified atom stereocenters. The van der Waals surface area contributed by atoms with Gasteiger partial charge >= 0.3 is 0 Å². The highest BCUT2D eigenvalue weighted by molar-refractivity contribution is 9.10. The van der Waals surface area contributed by atoms with E-state index in [0.717, 1.165) is 0 Å². The molecule has 0 aliphatic carbocycles. The molecule has 0 aliphatic rings. The number of benzene rings is 1. The zero-order valence-electron chi connectivity index (χ0n) is 10.9. The van der Waals surface area contributed by atoms with Crippen LogP contribution in [0.5, 0.6) is 5.75 Å². The first kappa shape index (κ1) is 15.7. The predicted octanol–water partition coefficient (Wildman–Crippen LogP) is 2.02. The third-order valence-electron chi connectivity index (χ3n) is 2.51. The molecule has 2 aromatic rings. The Hall–Kier alpha value is -1.64. The van der Waals surface area contributed by atoms with Gasteiger partial charge in [0.15, 0.2) is 0 Å². The normalized spacial score (nSPS) is 11.1. The van der Waals surface area contributed by atoms with Crippen LogP contribution < -0.4 is 9.46 Å². The van der Waals surface area contributed by atoms with Crippen molar-refractivity contribution in [3.05, 3.63) is 47.2 Å². The van der Waals surface area contributed by atoms with Crippen molar-refractivity contribution in [2.45, 2.75) is 4.90 Å². The van der Waals surface area contributed by atoms with Crippen LogP contribution in [0.3, 0.4) is 0 Å². The van der Waals surface area contributed by atoms with E-state index in [-0.39, 0.29) is 18.1 Å². The predicted molar refractivity (Wildman–Crippen MR) is 81.8 cm³/mol. The summed E-state index contributed by atoms with van der Waals surface area (Å²) in [5.74, 6) is 0.494. The Bertz CT molecular complexity index is 704. The van der Waals surface area contributed by atoms with Gasteiger partial charge in [0.2, 0.25) is 0 Å². The number of aromatic nitrogens is 1. The number of ether oxygens (including phenoxy) is 1. The Morgan fingerprint density at radius 3 is 2.57 bits per heavy atom. The molecular weight excluding hydrogens is 360 g/mol. The Balaban J connectivity index is 2.18. The number of anilines is 1. The molecule has 0 radical (unpaired) electrons. The highest BCUT2D eigenvalue weighted by Crippen LogP contribution is 2.24. The Morgan fingerprint density at radius 2 is 1.95 bits per heavy atom. The Kier molecular flexibility index (Phi) is 5.16. The molecule has 0 saturated heterocycles. The zero-order valence-corrected chi connectivity index (χ0v) is 13.3. The van der Waals surface area contributed by atoms with Crippen LogP contribution in [0.4, 0.5) is 5.69 Å². The largest absolute Gasteiger partial charge is 0.491 e. The van der Waals surface area contributed by atoms with Gasteiger partial charge in [-0.25, -0.2) is 8.42 Å². The van der Waals surface area contributed by atoms with Crippen LogP contribution in [0.1, 0.15) is 0 Å². The van der Waals surface area contributed by atoms with E-state index in [1.165, 1.54) is 36.7 Å². The van der Waals surface area contributed by atoms with E-state index < -0.39 is 10.0 Å². The minimum absolute atomic E-state index is 0.0995. The fourth-order valence-electron chi connectivity index (χ4n) is 1.54. The van der Waals surface area contributed by atoms with Crippen LogP contribution in [0.15, 0.2) is 52.1 Å². The molecule has 2 rings (SSSR count). The molecule has 6 nitrogen and oxygen atoms in total. The van der Waals surface area contributed by atoms with Crippen molar-refractivity contribution < 1.29 is 18.3 Å². The maximum atomic E-state index is 12.2. The van der Waals surface area contributed by atoms with Crippen molar-refractivity contribution in [3.63, 3.8) is 0 Å². The molecule has 112 valence electrons. The SMILES string of the molecule is O=S(=O)(Nc1ccncc1Br)c1ccc(OCCO)cc1. The molecule has 21 heavy (non-hydrogen) atoms. The summed E-state index contributed by atoms with van der Waals surface area (Å²) in [7, 11) is -3.69. The molecule has 1 aromatic carbocycles. The molecular formula is C13H13BrN2O4S. The van der Waals surface area contributed by atoms with Gasteiger partial charge in [-0.3, -0.25) is 9.71 Å². The lowest BCUT2D eigenvalue weighted by molar-refractivity contribution is 0.201. The quantitative estimate of drug-likeness (QED) is 0.809. The molecule has 2 N–H and O–H groups in total. The van der Waals surface area contributed by atoms with Gasteiger partial charge < -0.3 is 9.84 Å². The van der Waals surface area contributed by atoms with Crippen molar-refractivity contribution in [3.8, 4) is 5.75 Å².